The van der Waals surface area contributed by atoms with E-state index in [9.17, 15) is 4.79 Å². The van der Waals surface area contributed by atoms with Gasteiger partial charge in [-0.1, -0.05) is 61.0 Å². The lowest BCUT2D eigenvalue weighted by atomic mass is 9.81. The summed E-state index contributed by atoms with van der Waals surface area (Å²) in [5.74, 6) is 0. The molecule has 112 valence electrons. The minimum atomic E-state index is -0.158. The van der Waals surface area contributed by atoms with Crippen LogP contribution >= 0.6 is 11.6 Å². The first kappa shape index (κ1) is 15.6. The fourth-order valence-corrected chi connectivity index (χ4v) is 2.50. The predicted molar refractivity (Wildman–Crippen MR) is 87.3 cm³/mol. The number of rotatable bonds is 5. The maximum Gasteiger partial charge on any atom is 0.315 e. The van der Waals surface area contributed by atoms with Gasteiger partial charge in [-0.05, 0) is 29.9 Å². The highest BCUT2D eigenvalue weighted by atomic mass is 35.5. The molecule has 0 bridgehead atoms. The van der Waals surface area contributed by atoms with Crippen LogP contribution in [0.5, 0.6) is 0 Å². The molecular weight excluding hydrogens is 284 g/mol. The minimum Gasteiger partial charge on any atom is -0.338 e. The average Bonchev–Trinajstić information content (AvgIpc) is 2.47. The molecule has 1 aromatic carbocycles. The number of benzene rings is 1. The molecule has 0 saturated carbocycles. The zero-order valence-electron chi connectivity index (χ0n) is 12.2. The maximum atomic E-state index is 11.8. The number of hydrogen-bond acceptors (Lipinski definition) is 1. The summed E-state index contributed by atoms with van der Waals surface area (Å²) in [7, 11) is 0. The Morgan fingerprint density at radius 1 is 1.29 bits per heavy atom. The molecule has 0 fully saturated rings. The average molecular weight is 305 g/mol. The van der Waals surface area contributed by atoms with E-state index < -0.39 is 0 Å². The van der Waals surface area contributed by atoms with E-state index in [-0.39, 0.29) is 11.4 Å². The Kier molecular flexibility index (Phi) is 5.45. The molecule has 0 spiro atoms. The molecule has 1 aliphatic carbocycles. The topological polar surface area (TPSA) is 41.1 Å². The number of halogens is 1. The summed E-state index contributed by atoms with van der Waals surface area (Å²) in [6.45, 7) is 3.30. The van der Waals surface area contributed by atoms with Crippen LogP contribution in [0.2, 0.25) is 5.02 Å². The van der Waals surface area contributed by atoms with Crippen LogP contribution in [-0.2, 0) is 6.54 Å². The first-order chi connectivity index (χ1) is 10.1. The van der Waals surface area contributed by atoms with Crippen molar-refractivity contribution in [3.8, 4) is 0 Å². The Labute approximate surface area is 131 Å². The molecule has 1 aliphatic rings. The quantitative estimate of drug-likeness (QED) is 0.846. The van der Waals surface area contributed by atoms with Gasteiger partial charge in [-0.15, -0.1) is 0 Å². The molecule has 4 heteroatoms. The van der Waals surface area contributed by atoms with Crippen molar-refractivity contribution in [2.24, 2.45) is 5.41 Å². The van der Waals surface area contributed by atoms with Gasteiger partial charge in [0, 0.05) is 18.1 Å². The zero-order chi connectivity index (χ0) is 15.1. The van der Waals surface area contributed by atoms with Crippen LogP contribution in [0.4, 0.5) is 4.79 Å². The molecule has 0 radical (unpaired) electrons. The second-order valence-electron chi connectivity index (χ2n) is 5.60. The van der Waals surface area contributed by atoms with Crippen LogP contribution in [0.15, 0.2) is 48.6 Å². The third-order valence-electron chi connectivity index (χ3n) is 3.71. The Morgan fingerprint density at radius 3 is 2.81 bits per heavy atom. The van der Waals surface area contributed by atoms with Crippen molar-refractivity contribution < 1.29 is 4.79 Å². The lowest BCUT2D eigenvalue weighted by Crippen LogP contribution is -2.37. The summed E-state index contributed by atoms with van der Waals surface area (Å²) in [6.07, 6.45) is 10.4. The number of nitrogens with one attached hydrogen (secondary N) is 2. The number of amides is 2. The SMILES string of the molecule is CC1(CCNC(=O)NCc2ccccc2Cl)C=CC=CC1. The van der Waals surface area contributed by atoms with Crippen molar-refractivity contribution in [3.63, 3.8) is 0 Å². The van der Waals surface area contributed by atoms with Gasteiger partial charge < -0.3 is 10.6 Å². The third kappa shape index (κ3) is 4.94. The van der Waals surface area contributed by atoms with Crippen molar-refractivity contribution in [2.75, 3.05) is 6.54 Å². The first-order valence-corrected chi connectivity index (χ1v) is 7.56. The van der Waals surface area contributed by atoms with Gasteiger partial charge in [0.05, 0.1) is 0 Å². The monoisotopic (exact) mass is 304 g/mol. The van der Waals surface area contributed by atoms with Gasteiger partial charge in [0.1, 0.15) is 0 Å². The Balaban J connectivity index is 1.70. The molecule has 21 heavy (non-hydrogen) atoms. The van der Waals surface area contributed by atoms with Crippen LogP contribution in [-0.4, -0.2) is 12.6 Å². The fraction of sp³-hybridized carbons (Fsp3) is 0.353. The van der Waals surface area contributed by atoms with Crippen LogP contribution < -0.4 is 10.6 Å². The van der Waals surface area contributed by atoms with Crippen LogP contribution in [0, 0.1) is 5.41 Å². The highest BCUT2D eigenvalue weighted by Gasteiger charge is 2.20. The van der Waals surface area contributed by atoms with Gasteiger partial charge in [-0.25, -0.2) is 4.79 Å². The van der Waals surface area contributed by atoms with E-state index in [0.29, 0.717) is 18.1 Å². The smallest absolute Gasteiger partial charge is 0.315 e. The van der Waals surface area contributed by atoms with Crippen LogP contribution in [0.25, 0.3) is 0 Å². The zero-order valence-corrected chi connectivity index (χ0v) is 13.0. The lowest BCUT2D eigenvalue weighted by molar-refractivity contribution is 0.238. The lowest BCUT2D eigenvalue weighted by Gasteiger charge is -2.26. The van der Waals surface area contributed by atoms with E-state index in [1.165, 1.54) is 0 Å². The van der Waals surface area contributed by atoms with Gasteiger partial charge in [0.2, 0.25) is 0 Å². The maximum absolute atomic E-state index is 11.8. The van der Waals surface area contributed by atoms with Gasteiger partial charge in [0.15, 0.2) is 0 Å². The highest BCUT2D eigenvalue weighted by molar-refractivity contribution is 6.31. The molecule has 0 saturated heterocycles. The molecule has 1 atom stereocenters. The molecular formula is C17H21ClN2O. The van der Waals surface area contributed by atoms with Gasteiger partial charge in [0.25, 0.3) is 0 Å². The largest absolute Gasteiger partial charge is 0.338 e. The van der Waals surface area contributed by atoms with Gasteiger partial charge in [-0.3, -0.25) is 0 Å². The Hall–Kier alpha value is -1.74. The number of allylic oxidation sites excluding steroid dienone is 4. The molecule has 2 rings (SSSR count). The normalized spacial score (nSPS) is 20.3. The van der Waals surface area contributed by atoms with E-state index in [4.69, 9.17) is 11.6 Å². The minimum absolute atomic E-state index is 0.144. The second kappa shape index (κ2) is 7.32. The van der Waals surface area contributed by atoms with Gasteiger partial charge in [-0.2, -0.15) is 0 Å². The highest BCUT2D eigenvalue weighted by Crippen LogP contribution is 2.30. The third-order valence-corrected chi connectivity index (χ3v) is 4.08. The summed E-state index contributed by atoms with van der Waals surface area (Å²) in [5, 5.41) is 6.39. The number of carbonyl (C=O) groups is 1. The van der Waals surface area contributed by atoms with Crippen molar-refractivity contribution in [1.82, 2.24) is 10.6 Å². The predicted octanol–water partition coefficient (Wildman–Crippen LogP) is 4.05. The molecule has 0 aromatic heterocycles. The standard InChI is InChI=1S/C17H21ClN2O/c1-17(9-5-2-6-10-17)11-12-19-16(21)20-13-14-7-3-4-8-15(14)18/h2-9H,10-13H2,1H3,(H2,19,20,21). The van der Waals surface area contributed by atoms with E-state index >= 15 is 0 Å². The van der Waals surface area contributed by atoms with Crippen molar-refractivity contribution in [1.29, 1.82) is 0 Å². The number of hydrogen-bond donors (Lipinski definition) is 2. The van der Waals surface area contributed by atoms with Gasteiger partial charge >= 0.3 is 6.03 Å². The molecule has 3 nitrogen and oxygen atoms in total. The first-order valence-electron chi connectivity index (χ1n) is 7.19. The molecule has 0 heterocycles. The molecule has 2 amide bonds. The summed E-state index contributed by atoms with van der Waals surface area (Å²) < 4.78 is 0. The molecule has 1 unspecified atom stereocenters. The van der Waals surface area contributed by atoms with E-state index in [0.717, 1.165) is 18.4 Å². The van der Waals surface area contributed by atoms with E-state index in [1.54, 1.807) is 0 Å². The Morgan fingerprint density at radius 2 is 2.10 bits per heavy atom. The van der Waals surface area contributed by atoms with E-state index in [1.807, 2.05) is 24.3 Å². The molecule has 1 aromatic rings. The molecule has 2 N–H and O–H groups in total. The van der Waals surface area contributed by atoms with Crippen molar-refractivity contribution in [3.05, 3.63) is 59.2 Å². The van der Waals surface area contributed by atoms with Crippen LogP contribution in [0.3, 0.4) is 0 Å². The summed E-state index contributed by atoms with van der Waals surface area (Å²) in [6, 6.07) is 7.35. The fourth-order valence-electron chi connectivity index (χ4n) is 2.30. The number of carbonyl (C=O) groups excluding carboxylic acids is 1. The van der Waals surface area contributed by atoms with E-state index in [2.05, 4.69) is 41.9 Å². The van der Waals surface area contributed by atoms with Crippen molar-refractivity contribution in [2.45, 2.75) is 26.3 Å². The summed E-state index contributed by atoms with van der Waals surface area (Å²) in [4.78, 5) is 11.8. The summed E-state index contributed by atoms with van der Waals surface area (Å²) >= 11 is 6.05. The molecule has 0 aliphatic heterocycles. The van der Waals surface area contributed by atoms with Crippen molar-refractivity contribution >= 4 is 17.6 Å². The number of urea groups is 1. The Bertz CT molecular complexity index is 553. The summed E-state index contributed by atoms with van der Waals surface area (Å²) in [5.41, 5.74) is 1.06. The van der Waals surface area contributed by atoms with Crippen LogP contribution in [0.1, 0.15) is 25.3 Å². The second-order valence-corrected chi connectivity index (χ2v) is 6.00.